The van der Waals surface area contributed by atoms with Crippen LogP contribution in [0.15, 0.2) is 40.3 Å². The van der Waals surface area contributed by atoms with E-state index in [1.807, 2.05) is 0 Å². The lowest BCUT2D eigenvalue weighted by atomic mass is 10.00. The van der Waals surface area contributed by atoms with E-state index in [1.54, 1.807) is 44.2 Å². The zero-order valence-electron chi connectivity index (χ0n) is 55.5. The van der Waals surface area contributed by atoms with Crippen LogP contribution in [0.4, 0.5) is 0 Å². The van der Waals surface area contributed by atoms with Gasteiger partial charge >= 0.3 is 0 Å². The number of amides is 11. The molecule has 1 aromatic rings. The van der Waals surface area contributed by atoms with Crippen molar-refractivity contribution in [2.45, 2.75) is 216 Å². The molecule has 536 valence electrons. The molecule has 95 heavy (non-hydrogen) atoms. The Morgan fingerprint density at radius 3 is 1.59 bits per heavy atom. The number of aliphatic hydroxyl groups is 1. The number of primary amides is 1. The molecule has 1 fully saturated rings. The van der Waals surface area contributed by atoms with Crippen molar-refractivity contribution in [1.29, 1.82) is 0 Å². The molecule has 0 spiro atoms. The van der Waals surface area contributed by atoms with Crippen molar-refractivity contribution in [3.05, 3.63) is 35.9 Å². The van der Waals surface area contributed by atoms with Gasteiger partial charge in [-0.3, -0.25) is 62.7 Å². The smallest absolute Gasteiger partial charge is 0.245 e. The van der Waals surface area contributed by atoms with Crippen LogP contribution in [0, 0.1) is 5.92 Å². The lowest BCUT2D eigenvalue weighted by molar-refractivity contribution is -0.136. The van der Waals surface area contributed by atoms with Crippen LogP contribution in [0.25, 0.3) is 0 Å². The summed E-state index contributed by atoms with van der Waals surface area (Å²) in [5.74, 6) is -10.7. The van der Waals surface area contributed by atoms with Gasteiger partial charge in [-0.2, -0.15) is 0 Å². The Morgan fingerprint density at radius 1 is 0.547 bits per heavy atom. The minimum absolute atomic E-state index is 0.0334. The molecule has 1 aromatic carbocycles. The maximum absolute atomic E-state index is 14.7. The van der Waals surface area contributed by atoms with Crippen LogP contribution in [0.1, 0.15) is 149 Å². The van der Waals surface area contributed by atoms with Crippen LogP contribution in [0.2, 0.25) is 0 Å². The van der Waals surface area contributed by atoms with E-state index in [0.717, 1.165) is 60.1 Å². The first-order valence-corrected chi connectivity index (χ1v) is 35.2. The predicted molar refractivity (Wildman–Crippen MR) is 367 cm³/mol. The maximum Gasteiger partial charge on any atom is 0.245 e. The molecule has 11 atom stereocenters. The number of hydrogen-bond donors (Lipinski definition) is 19. The molecule has 27 N–H and O–H groups in total. The molecule has 11 amide bonds. The first-order chi connectivity index (χ1) is 45.2. The molecular weight excluding hydrogens is 1270 g/mol. The Kier molecular flexibility index (Phi) is 41.7. The molecule has 2 rings (SSSR count). The highest BCUT2D eigenvalue weighted by Gasteiger charge is 2.37. The zero-order valence-corrected chi connectivity index (χ0v) is 57.1. The summed E-state index contributed by atoms with van der Waals surface area (Å²) in [5.41, 5.74) is 46.3. The zero-order chi connectivity index (χ0) is 70.8. The number of nitrogens with zero attached hydrogens (tertiary/aromatic N) is 2. The van der Waals surface area contributed by atoms with E-state index in [0.29, 0.717) is 12.0 Å². The summed E-state index contributed by atoms with van der Waals surface area (Å²) < 4.78 is 0. The van der Waals surface area contributed by atoms with Crippen molar-refractivity contribution in [3.8, 4) is 0 Å². The quantitative estimate of drug-likeness (QED) is 0.0133. The Hall–Kier alpha value is -7.53. The lowest BCUT2D eigenvalue weighted by Crippen LogP contribution is -2.62. The molecule has 0 aromatic heterocycles. The first kappa shape index (κ1) is 83.6. The van der Waals surface area contributed by atoms with Gasteiger partial charge < -0.3 is 104 Å². The van der Waals surface area contributed by atoms with Gasteiger partial charge in [0.25, 0.3) is 0 Å². The van der Waals surface area contributed by atoms with Crippen LogP contribution in [0.5, 0.6) is 0 Å². The van der Waals surface area contributed by atoms with Crippen LogP contribution in [0.3, 0.4) is 0 Å². The molecule has 1 aliphatic heterocycles. The van der Waals surface area contributed by atoms with Crippen molar-refractivity contribution in [2.24, 2.45) is 61.8 Å². The summed E-state index contributed by atoms with van der Waals surface area (Å²) in [6, 6.07) is -5.81. The first-order valence-electron chi connectivity index (χ1n) is 32.7. The fourth-order valence-corrected chi connectivity index (χ4v) is 12.3. The van der Waals surface area contributed by atoms with Crippen molar-refractivity contribution < 1.29 is 57.8 Å². The molecule has 1 saturated heterocycles. The molecule has 0 aliphatic carbocycles. The molecule has 0 saturated carbocycles. The highest BCUT2D eigenvalue weighted by atomic mass is 33.1. The van der Waals surface area contributed by atoms with Crippen molar-refractivity contribution >= 4 is 98.5 Å². The van der Waals surface area contributed by atoms with E-state index in [4.69, 9.17) is 45.9 Å². The number of nitrogens with two attached hydrogens (primary N) is 8. The van der Waals surface area contributed by atoms with Gasteiger partial charge in [0.1, 0.15) is 60.4 Å². The Balaban J connectivity index is 2.65. The number of nitrogens with one attached hydrogen (secondary N) is 10. The number of rotatable bonds is 37. The molecule has 3 unspecified atom stereocenters. The van der Waals surface area contributed by atoms with Crippen molar-refractivity contribution in [3.63, 3.8) is 0 Å². The Labute approximate surface area is 565 Å². The summed E-state index contributed by atoms with van der Waals surface area (Å²) in [6.45, 7) is 6.59. The number of aliphatic hydroxyl groups excluding tert-OH is 1. The third kappa shape index (κ3) is 34.6. The second-order valence-corrected chi connectivity index (χ2v) is 26.4. The predicted octanol–water partition coefficient (Wildman–Crippen LogP) is -3.54. The number of hydrogen-bond acceptors (Lipinski definition) is 19. The van der Waals surface area contributed by atoms with Gasteiger partial charge in [0, 0.05) is 37.4 Å². The van der Waals surface area contributed by atoms with Crippen molar-refractivity contribution in [2.75, 3.05) is 44.2 Å². The molecule has 1 aliphatic rings. The van der Waals surface area contributed by atoms with E-state index in [-0.39, 0.29) is 126 Å². The number of aliphatic imine (C=N–C) groups is 2. The monoisotopic (exact) mass is 1380 g/mol. The van der Waals surface area contributed by atoms with Crippen LogP contribution in [-0.4, -0.2) is 193 Å². The number of benzene rings is 1. The summed E-state index contributed by atoms with van der Waals surface area (Å²) in [4.78, 5) is 163. The minimum atomic E-state index is -1.71. The normalized spacial score (nSPS) is 20.9. The Morgan fingerprint density at radius 2 is 1.04 bits per heavy atom. The van der Waals surface area contributed by atoms with E-state index >= 15 is 0 Å². The third-order valence-electron chi connectivity index (χ3n) is 15.1. The van der Waals surface area contributed by atoms with E-state index in [9.17, 15) is 57.8 Å². The summed E-state index contributed by atoms with van der Waals surface area (Å²) in [6.07, 6.45) is 7.41. The van der Waals surface area contributed by atoms with Gasteiger partial charge in [0.2, 0.25) is 65.0 Å². The molecular formula is C61H108N20O12S2. The van der Waals surface area contributed by atoms with Crippen molar-refractivity contribution in [1.82, 2.24) is 53.2 Å². The highest BCUT2D eigenvalue weighted by molar-refractivity contribution is 8.76. The number of carbonyl (C=O) groups excluding carboxylic acids is 11. The van der Waals surface area contributed by atoms with E-state index < -0.39 is 132 Å². The average molecular weight is 1380 g/mol. The summed E-state index contributed by atoms with van der Waals surface area (Å²) in [7, 11) is 1.85. The molecule has 34 heteroatoms. The third-order valence-corrected chi connectivity index (χ3v) is 17.5. The molecule has 32 nitrogen and oxygen atoms in total. The fourth-order valence-electron chi connectivity index (χ4n) is 9.91. The van der Waals surface area contributed by atoms with E-state index in [1.165, 1.54) is 19.8 Å². The Bertz CT molecular complexity index is 2640. The standard InChI is InChI=1S/C61H108N20O12S2/c1-5-6-7-8-9-10-11-12-16-23-48(83)72-39(21-17-30-70-60(66)67)55(89)81-49(37(4)82)59(93)76-43(26-29-64)54(88)80-47-35-95-94-34-46(50(65)84)79-53(87)42(25-28-63)74-51(85)40(22-18-31-71-61(68)69)73-56(90)44(32-36(2)3)77-57(91)45(33-38-19-14-13-15-20-38)78-52(86)41(24-27-62)75-58(47)92/h13-15,19-20,36-37,39-47,49,82H,5-12,16-18,21-35,62-64H2,1-4H3,(H2,65,84)(H,72,83)(H,73,90)(H,74,85)(H,75,92)(H,76,93)(H,77,91)(H,78,86)(H,79,87)(H,80,88)(H,81,89)(H4,66,67,70)(H4,68,69,71)/t37-,39+,40+,41?,42+,43+,44+,45-,46?,47?,49+/m1/s1. The highest BCUT2D eigenvalue weighted by Crippen LogP contribution is 2.24. The maximum atomic E-state index is 14.7. The van der Waals surface area contributed by atoms with Crippen LogP contribution < -0.4 is 99.0 Å². The average Bonchev–Trinajstić information content (AvgIpc) is 1.12. The van der Waals surface area contributed by atoms with Gasteiger partial charge in [-0.05, 0) is 95.8 Å². The fraction of sp³-hybridized carbons (Fsp3) is 0.689. The van der Waals surface area contributed by atoms with Gasteiger partial charge in [0.15, 0.2) is 11.9 Å². The second kappa shape index (κ2) is 47.4. The van der Waals surface area contributed by atoms with Gasteiger partial charge in [-0.25, -0.2) is 0 Å². The summed E-state index contributed by atoms with van der Waals surface area (Å²) >= 11 is 0. The van der Waals surface area contributed by atoms with Gasteiger partial charge in [-0.1, -0.05) is 124 Å². The molecule has 0 bridgehead atoms. The number of carbonyl (C=O) groups is 11. The lowest BCUT2D eigenvalue weighted by Gasteiger charge is -2.29. The topological polar surface area (TPSA) is 561 Å². The van der Waals surface area contributed by atoms with Gasteiger partial charge in [-0.15, -0.1) is 0 Å². The minimum Gasteiger partial charge on any atom is -0.391 e. The van der Waals surface area contributed by atoms with Gasteiger partial charge in [0.05, 0.1) is 6.10 Å². The second-order valence-electron chi connectivity index (χ2n) is 23.8. The number of guanidine groups is 2. The van der Waals surface area contributed by atoms with Crippen LogP contribution in [-0.2, 0) is 59.2 Å². The van der Waals surface area contributed by atoms with E-state index in [2.05, 4.69) is 70.1 Å². The molecule has 0 radical (unpaired) electrons. The van der Waals surface area contributed by atoms with Crippen LogP contribution >= 0.6 is 21.6 Å². The number of unbranched alkanes of at least 4 members (excludes halogenated alkanes) is 8. The SMILES string of the molecule is CCCCCCCCCCCC(=O)N[C@@H](CCCN=C(N)N)C(=O)N[C@H](C(=O)N[C@@H](CCN)C(=O)NC1CSSCC(C(N)=O)NC(=O)[C@H](CCN)NC(=O)[C@H](CCCN=C(N)N)NC(=O)[C@H](CC(C)C)NC(=O)[C@@H](Cc2ccccc2)NC(=O)C(CCN)NC1=O)[C@@H](C)O. The largest absolute Gasteiger partial charge is 0.391 e. The summed E-state index contributed by atoms with van der Waals surface area (Å²) in [5, 5.41) is 37.2. The molecule has 1 heterocycles.